The van der Waals surface area contributed by atoms with Gasteiger partial charge in [0, 0.05) is 4.47 Å². The van der Waals surface area contributed by atoms with Crippen LogP contribution in [0.25, 0.3) is 0 Å². The van der Waals surface area contributed by atoms with E-state index in [-0.39, 0.29) is 4.47 Å². The lowest BCUT2D eigenvalue weighted by Gasteiger charge is -2.05. The van der Waals surface area contributed by atoms with Gasteiger partial charge in [0.05, 0.1) is 4.47 Å². The number of nitrogens with two attached hydrogens (primary N) is 1. The molecular weight excluding hydrogens is 348 g/mol. The number of sulfonamides is 1. The lowest BCUT2D eigenvalue weighted by molar-refractivity contribution is 0.538. The van der Waals surface area contributed by atoms with Crippen LogP contribution in [0, 0.1) is 11.6 Å². The third kappa shape index (κ3) is 2.13. The summed E-state index contributed by atoms with van der Waals surface area (Å²) in [6.07, 6.45) is 0. The van der Waals surface area contributed by atoms with Gasteiger partial charge in [0.15, 0.2) is 5.82 Å². The van der Waals surface area contributed by atoms with Crippen LogP contribution in [0.4, 0.5) is 8.78 Å². The molecule has 0 amide bonds. The summed E-state index contributed by atoms with van der Waals surface area (Å²) in [5.41, 5.74) is 0. The largest absolute Gasteiger partial charge is 0.242 e. The van der Waals surface area contributed by atoms with Gasteiger partial charge in [-0.3, -0.25) is 0 Å². The van der Waals surface area contributed by atoms with Crippen molar-refractivity contribution in [1.29, 1.82) is 0 Å². The van der Waals surface area contributed by atoms with Crippen molar-refractivity contribution in [2.75, 3.05) is 0 Å². The Morgan fingerprint density at radius 2 is 1.79 bits per heavy atom. The van der Waals surface area contributed by atoms with Crippen molar-refractivity contribution in [3.05, 3.63) is 26.6 Å². The van der Waals surface area contributed by atoms with Gasteiger partial charge >= 0.3 is 0 Å². The molecule has 0 aromatic heterocycles. The molecule has 1 rings (SSSR count). The third-order valence-electron chi connectivity index (χ3n) is 1.36. The van der Waals surface area contributed by atoms with Crippen LogP contribution in [-0.2, 0) is 10.0 Å². The minimum absolute atomic E-state index is 0.252. The summed E-state index contributed by atoms with van der Waals surface area (Å²) in [5.74, 6) is -2.17. The van der Waals surface area contributed by atoms with Crippen molar-refractivity contribution >= 4 is 41.9 Å². The highest BCUT2D eigenvalue weighted by molar-refractivity contribution is 9.11. The zero-order valence-corrected chi connectivity index (χ0v) is 10.4. The molecule has 14 heavy (non-hydrogen) atoms. The highest BCUT2D eigenvalue weighted by Gasteiger charge is 2.23. The van der Waals surface area contributed by atoms with E-state index < -0.39 is 31.0 Å². The fourth-order valence-electron chi connectivity index (χ4n) is 0.810. The molecule has 0 aliphatic rings. The molecule has 0 aliphatic heterocycles. The Balaban J connectivity index is 3.70. The molecule has 1 aromatic rings. The van der Waals surface area contributed by atoms with Gasteiger partial charge in [-0.1, -0.05) is 0 Å². The van der Waals surface area contributed by atoms with E-state index in [1.54, 1.807) is 0 Å². The van der Waals surface area contributed by atoms with E-state index in [1.165, 1.54) is 0 Å². The van der Waals surface area contributed by atoms with Crippen molar-refractivity contribution in [3.8, 4) is 0 Å². The molecule has 0 fully saturated rings. The van der Waals surface area contributed by atoms with Gasteiger partial charge in [-0.05, 0) is 37.9 Å². The third-order valence-corrected chi connectivity index (χ3v) is 3.94. The lowest BCUT2D eigenvalue weighted by Crippen LogP contribution is -2.15. The molecule has 0 saturated heterocycles. The van der Waals surface area contributed by atoms with E-state index in [9.17, 15) is 17.2 Å². The highest BCUT2D eigenvalue weighted by Crippen LogP contribution is 2.31. The molecule has 2 N–H and O–H groups in total. The molecule has 3 nitrogen and oxygen atoms in total. The minimum Gasteiger partial charge on any atom is -0.224 e. The van der Waals surface area contributed by atoms with Crippen LogP contribution in [-0.4, -0.2) is 8.42 Å². The molecule has 0 aliphatic carbocycles. The monoisotopic (exact) mass is 349 g/mol. The van der Waals surface area contributed by atoms with Crippen LogP contribution in [0.15, 0.2) is 19.9 Å². The molecule has 0 radical (unpaired) electrons. The second-order valence-corrected chi connectivity index (χ2v) is 5.49. The van der Waals surface area contributed by atoms with Crippen molar-refractivity contribution in [2.24, 2.45) is 5.14 Å². The summed E-state index contributed by atoms with van der Waals surface area (Å²) in [6, 6.07) is 0.812. The zero-order valence-electron chi connectivity index (χ0n) is 6.39. The Kier molecular flexibility index (Phi) is 3.30. The van der Waals surface area contributed by atoms with Gasteiger partial charge in [-0.25, -0.2) is 22.3 Å². The van der Waals surface area contributed by atoms with E-state index in [0.29, 0.717) is 0 Å². The topological polar surface area (TPSA) is 60.2 Å². The standard InChI is InChI=1S/C6H3Br2F2NO2S/c7-2-1-3(9)4(8)5(10)6(2)14(11,12)13/h1H,(H2,11,12,13). The van der Waals surface area contributed by atoms with E-state index in [2.05, 4.69) is 31.9 Å². The second-order valence-electron chi connectivity index (χ2n) is 2.34. The van der Waals surface area contributed by atoms with Crippen molar-refractivity contribution in [2.45, 2.75) is 4.90 Å². The Morgan fingerprint density at radius 1 is 1.29 bits per heavy atom. The second kappa shape index (κ2) is 3.84. The molecule has 78 valence electrons. The van der Waals surface area contributed by atoms with Gasteiger partial charge < -0.3 is 0 Å². The molecule has 0 heterocycles. The maximum absolute atomic E-state index is 13.2. The first-order valence-electron chi connectivity index (χ1n) is 3.11. The zero-order chi connectivity index (χ0) is 11.1. The van der Waals surface area contributed by atoms with Crippen LogP contribution in [0.3, 0.4) is 0 Å². The fourth-order valence-corrected chi connectivity index (χ4v) is 2.99. The normalized spacial score (nSPS) is 11.8. The first kappa shape index (κ1) is 12.0. The van der Waals surface area contributed by atoms with E-state index >= 15 is 0 Å². The summed E-state index contributed by atoms with van der Waals surface area (Å²) >= 11 is 5.27. The number of hydrogen-bond acceptors (Lipinski definition) is 2. The summed E-state index contributed by atoms with van der Waals surface area (Å²) in [6.45, 7) is 0. The molecular formula is C6H3Br2F2NO2S. The van der Waals surface area contributed by atoms with E-state index in [1.807, 2.05) is 0 Å². The number of benzene rings is 1. The summed E-state index contributed by atoms with van der Waals surface area (Å²) in [5, 5.41) is 4.74. The lowest BCUT2D eigenvalue weighted by atomic mass is 10.3. The van der Waals surface area contributed by atoms with Gasteiger partial charge in [0.25, 0.3) is 0 Å². The number of hydrogen-bond donors (Lipinski definition) is 1. The van der Waals surface area contributed by atoms with Crippen LogP contribution < -0.4 is 5.14 Å². The number of halogens is 4. The number of primary sulfonamides is 1. The van der Waals surface area contributed by atoms with Crippen molar-refractivity contribution in [1.82, 2.24) is 0 Å². The first-order valence-corrected chi connectivity index (χ1v) is 6.24. The average molecular weight is 351 g/mol. The van der Waals surface area contributed by atoms with Crippen LogP contribution in [0.2, 0.25) is 0 Å². The molecule has 8 heteroatoms. The summed E-state index contributed by atoms with van der Waals surface area (Å²) < 4.78 is 47.1. The molecule has 0 unspecified atom stereocenters. The fraction of sp³-hybridized carbons (Fsp3) is 0. The highest BCUT2D eigenvalue weighted by atomic mass is 79.9. The maximum Gasteiger partial charge on any atom is 0.242 e. The Hall–Kier alpha value is -0.0500. The van der Waals surface area contributed by atoms with Crippen LogP contribution in [0.5, 0.6) is 0 Å². The Morgan fingerprint density at radius 3 is 2.21 bits per heavy atom. The minimum atomic E-state index is -4.22. The quantitative estimate of drug-likeness (QED) is 0.623. The van der Waals surface area contributed by atoms with Crippen molar-refractivity contribution in [3.63, 3.8) is 0 Å². The predicted octanol–water partition coefficient (Wildman–Crippen LogP) is 2.14. The summed E-state index contributed by atoms with van der Waals surface area (Å²) in [4.78, 5) is -0.772. The Bertz CT molecular complexity index is 489. The molecule has 0 atom stereocenters. The molecule has 0 spiro atoms. The van der Waals surface area contributed by atoms with Gasteiger partial charge in [0.2, 0.25) is 10.0 Å². The van der Waals surface area contributed by atoms with Crippen LogP contribution in [0.1, 0.15) is 0 Å². The maximum atomic E-state index is 13.2. The van der Waals surface area contributed by atoms with Crippen LogP contribution >= 0.6 is 31.9 Å². The molecule has 0 bridgehead atoms. The molecule has 0 saturated carbocycles. The Labute approximate surface area is 95.6 Å². The SMILES string of the molecule is NS(=O)(=O)c1c(Br)cc(F)c(Br)c1F. The van der Waals surface area contributed by atoms with Gasteiger partial charge in [-0.15, -0.1) is 0 Å². The first-order chi connectivity index (χ1) is 6.25. The predicted molar refractivity (Wildman–Crippen MR) is 53.1 cm³/mol. The van der Waals surface area contributed by atoms with Gasteiger partial charge in [0.1, 0.15) is 10.7 Å². The average Bonchev–Trinajstić information content (AvgIpc) is 1.97. The smallest absolute Gasteiger partial charge is 0.224 e. The van der Waals surface area contributed by atoms with E-state index in [4.69, 9.17) is 5.14 Å². The number of rotatable bonds is 1. The molecule has 1 aromatic carbocycles. The van der Waals surface area contributed by atoms with Crippen molar-refractivity contribution < 1.29 is 17.2 Å². The van der Waals surface area contributed by atoms with E-state index in [0.717, 1.165) is 6.07 Å². The van der Waals surface area contributed by atoms with Gasteiger partial charge in [-0.2, -0.15) is 0 Å². The summed E-state index contributed by atoms with van der Waals surface area (Å²) in [7, 11) is -4.22.